The van der Waals surface area contributed by atoms with Crippen LogP contribution in [0.5, 0.6) is 0 Å². The lowest BCUT2D eigenvalue weighted by atomic mass is 10.0. The molecule has 0 saturated carbocycles. The Morgan fingerprint density at radius 3 is 2.32 bits per heavy atom. The first kappa shape index (κ1) is 24.1. The number of carbonyl (C=O) groups is 1. The fraction of sp³-hybridized carbons (Fsp3) is 0.360. The Morgan fingerprint density at radius 2 is 1.68 bits per heavy atom. The highest BCUT2D eigenvalue weighted by molar-refractivity contribution is 7.89. The summed E-state index contributed by atoms with van der Waals surface area (Å²) in [7, 11) is -3.74. The van der Waals surface area contributed by atoms with Gasteiger partial charge in [0.2, 0.25) is 15.9 Å². The molecular formula is C25H30N4O4S. The van der Waals surface area contributed by atoms with E-state index in [1.165, 1.54) is 4.31 Å². The van der Waals surface area contributed by atoms with E-state index < -0.39 is 16.1 Å². The van der Waals surface area contributed by atoms with Crippen molar-refractivity contribution in [1.29, 1.82) is 0 Å². The highest BCUT2D eigenvalue weighted by Crippen LogP contribution is 2.28. The maximum Gasteiger partial charge on any atom is 0.248 e. The second-order valence-electron chi connectivity index (χ2n) is 8.62. The Bertz CT molecular complexity index is 1220. The van der Waals surface area contributed by atoms with Gasteiger partial charge in [0.05, 0.1) is 0 Å². The Hall–Kier alpha value is -3.01. The van der Waals surface area contributed by atoms with Crippen molar-refractivity contribution in [1.82, 2.24) is 14.4 Å². The van der Waals surface area contributed by atoms with Gasteiger partial charge in [0.1, 0.15) is 16.6 Å². The van der Waals surface area contributed by atoms with Crippen LogP contribution in [-0.4, -0.2) is 54.9 Å². The summed E-state index contributed by atoms with van der Waals surface area (Å²) < 4.78 is 33.2. The van der Waals surface area contributed by atoms with Crippen LogP contribution in [0.4, 0.5) is 5.69 Å². The number of anilines is 1. The summed E-state index contributed by atoms with van der Waals surface area (Å²) in [5, 5.41) is 6.84. The average Bonchev–Trinajstić information content (AvgIpc) is 3.00. The number of sulfonamides is 1. The zero-order valence-corrected chi connectivity index (χ0v) is 20.5. The van der Waals surface area contributed by atoms with Gasteiger partial charge < -0.3 is 9.84 Å². The van der Waals surface area contributed by atoms with Crippen LogP contribution >= 0.6 is 0 Å². The van der Waals surface area contributed by atoms with E-state index in [2.05, 4.69) is 15.4 Å². The van der Waals surface area contributed by atoms with Crippen LogP contribution < -0.4 is 5.32 Å². The number of hydrogen-bond acceptors (Lipinski definition) is 6. The molecule has 8 nitrogen and oxygen atoms in total. The molecule has 0 aliphatic carbocycles. The van der Waals surface area contributed by atoms with Crippen LogP contribution in [0.1, 0.15) is 35.0 Å². The van der Waals surface area contributed by atoms with Crippen molar-refractivity contribution in [2.75, 3.05) is 31.5 Å². The van der Waals surface area contributed by atoms with Crippen LogP contribution in [-0.2, 0) is 14.8 Å². The van der Waals surface area contributed by atoms with E-state index in [1.807, 2.05) is 61.5 Å². The Balaban J connectivity index is 1.57. The minimum absolute atomic E-state index is 0.137. The predicted molar refractivity (Wildman–Crippen MR) is 130 cm³/mol. The van der Waals surface area contributed by atoms with Gasteiger partial charge >= 0.3 is 0 Å². The number of benzene rings is 2. The van der Waals surface area contributed by atoms with Gasteiger partial charge in [0, 0.05) is 31.9 Å². The van der Waals surface area contributed by atoms with Crippen LogP contribution in [0.3, 0.4) is 0 Å². The molecule has 4 rings (SSSR count). The molecule has 3 aromatic rings. The SMILES string of the molecule is Cc1ccc(NC(=O)[C@H](c2ccccc2)N2CCCN(S(=O)(=O)c3c(C)noc3C)CC2)cc1. The number of rotatable bonds is 6. The molecule has 34 heavy (non-hydrogen) atoms. The van der Waals surface area contributed by atoms with E-state index in [0.29, 0.717) is 37.5 Å². The molecule has 1 aromatic heterocycles. The largest absolute Gasteiger partial charge is 0.360 e. The molecule has 1 N–H and O–H groups in total. The smallest absolute Gasteiger partial charge is 0.248 e. The fourth-order valence-corrected chi connectivity index (χ4v) is 6.16. The lowest BCUT2D eigenvalue weighted by Crippen LogP contribution is -2.40. The van der Waals surface area contributed by atoms with E-state index in [0.717, 1.165) is 16.8 Å². The van der Waals surface area contributed by atoms with E-state index in [1.54, 1.807) is 13.8 Å². The molecule has 1 aliphatic heterocycles. The molecule has 180 valence electrons. The van der Waals surface area contributed by atoms with E-state index in [-0.39, 0.29) is 17.3 Å². The van der Waals surface area contributed by atoms with Crippen LogP contribution in [0, 0.1) is 20.8 Å². The third kappa shape index (κ3) is 5.06. The van der Waals surface area contributed by atoms with Crippen molar-refractivity contribution >= 4 is 21.6 Å². The first-order chi connectivity index (χ1) is 16.3. The molecule has 1 atom stereocenters. The molecule has 0 spiro atoms. The molecule has 9 heteroatoms. The van der Waals surface area contributed by atoms with Gasteiger partial charge in [-0.15, -0.1) is 0 Å². The summed E-state index contributed by atoms with van der Waals surface area (Å²) in [6.45, 7) is 6.89. The molecule has 0 bridgehead atoms. The summed E-state index contributed by atoms with van der Waals surface area (Å²) in [6.07, 6.45) is 0.601. The average molecular weight is 483 g/mol. The standard InChI is InChI=1S/C25H30N4O4S/c1-18-10-12-22(13-11-18)26-25(30)23(21-8-5-4-6-9-21)28-14-7-15-29(17-16-28)34(31,32)24-19(2)27-33-20(24)3/h4-6,8-13,23H,7,14-17H2,1-3H3,(H,26,30)/t23-/m0/s1. The number of hydrogen-bond donors (Lipinski definition) is 1. The number of aryl methyl sites for hydroxylation is 3. The zero-order valence-electron chi connectivity index (χ0n) is 19.7. The van der Waals surface area contributed by atoms with Gasteiger partial charge in [0.15, 0.2) is 5.76 Å². The zero-order chi connectivity index (χ0) is 24.3. The Morgan fingerprint density at radius 1 is 0.971 bits per heavy atom. The minimum atomic E-state index is -3.74. The van der Waals surface area contributed by atoms with Crippen molar-refractivity contribution in [2.24, 2.45) is 0 Å². The predicted octanol–water partition coefficient (Wildman–Crippen LogP) is 3.68. The summed E-state index contributed by atoms with van der Waals surface area (Å²) >= 11 is 0. The van der Waals surface area contributed by atoms with Crippen LogP contribution in [0.15, 0.2) is 64.0 Å². The maximum atomic E-state index is 13.5. The Kier molecular flexibility index (Phi) is 7.16. The summed E-state index contributed by atoms with van der Waals surface area (Å²) in [5.41, 5.74) is 3.08. The number of amides is 1. The number of nitrogens with zero attached hydrogens (tertiary/aromatic N) is 3. The number of carbonyl (C=O) groups excluding carboxylic acids is 1. The second-order valence-corrected chi connectivity index (χ2v) is 10.5. The quantitative estimate of drug-likeness (QED) is 0.576. The van der Waals surface area contributed by atoms with Crippen molar-refractivity contribution in [3.8, 4) is 0 Å². The minimum Gasteiger partial charge on any atom is -0.360 e. The summed E-state index contributed by atoms with van der Waals surface area (Å²) in [6, 6.07) is 16.7. The third-order valence-electron chi connectivity index (χ3n) is 6.10. The molecular weight excluding hydrogens is 452 g/mol. The molecule has 1 saturated heterocycles. The van der Waals surface area contributed by atoms with Gasteiger partial charge in [-0.25, -0.2) is 8.42 Å². The highest BCUT2D eigenvalue weighted by atomic mass is 32.2. The molecule has 0 unspecified atom stereocenters. The maximum absolute atomic E-state index is 13.5. The summed E-state index contributed by atoms with van der Waals surface area (Å²) in [4.78, 5) is 15.7. The fourth-order valence-electron chi connectivity index (χ4n) is 4.40. The first-order valence-corrected chi connectivity index (χ1v) is 12.8. The summed E-state index contributed by atoms with van der Waals surface area (Å²) in [5.74, 6) is 0.148. The highest BCUT2D eigenvalue weighted by Gasteiger charge is 2.35. The number of nitrogens with one attached hydrogen (secondary N) is 1. The lowest BCUT2D eigenvalue weighted by Gasteiger charge is -2.30. The molecule has 0 radical (unpaired) electrons. The van der Waals surface area contributed by atoms with Gasteiger partial charge in [-0.05, 0) is 44.9 Å². The lowest BCUT2D eigenvalue weighted by molar-refractivity contribution is -0.121. The molecule has 1 amide bonds. The topological polar surface area (TPSA) is 95.8 Å². The van der Waals surface area contributed by atoms with Gasteiger partial charge in [0.25, 0.3) is 0 Å². The van der Waals surface area contributed by atoms with E-state index in [9.17, 15) is 13.2 Å². The third-order valence-corrected chi connectivity index (χ3v) is 8.25. The monoisotopic (exact) mass is 482 g/mol. The van der Waals surface area contributed by atoms with Crippen LogP contribution in [0.2, 0.25) is 0 Å². The van der Waals surface area contributed by atoms with E-state index >= 15 is 0 Å². The van der Waals surface area contributed by atoms with Gasteiger partial charge in [-0.3, -0.25) is 9.69 Å². The second kappa shape index (κ2) is 10.1. The van der Waals surface area contributed by atoms with Gasteiger partial charge in [-0.1, -0.05) is 53.2 Å². The Labute approximate surface area is 200 Å². The molecule has 1 fully saturated rings. The van der Waals surface area contributed by atoms with Crippen molar-refractivity contribution in [2.45, 2.75) is 38.1 Å². The molecule has 2 heterocycles. The number of aromatic nitrogens is 1. The first-order valence-electron chi connectivity index (χ1n) is 11.4. The molecule has 2 aromatic carbocycles. The molecule has 1 aliphatic rings. The van der Waals surface area contributed by atoms with Crippen LogP contribution in [0.25, 0.3) is 0 Å². The van der Waals surface area contributed by atoms with Crippen molar-refractivity contribution < 1.29 is 17.7 Å². The van der Waals surface area contributed by atoms with Crippen molar-refractivity contribution in [3.63, 3.8) is 0 Å². The van der Waals surface area contributed by atoms with Crippen molar-refractivity contribution in [3.05, 3.63) is 77.2 Å². The van der Waals surface area contributed by atoms with Gasteiger partial charge in [-0.2, -0.15) is 4.31 Å². The van der Waals surface area contributed by atoms with E-state index in [4.69, 9.17) is 4.52 Å². The normalized spacial score (nSPS) is 16.7.